The molecule has 0 spiro atoms. The zero-order chi connectivity index (χ0) is 19.1. The number of nitrogens with zero attached hydrogens (tertiary/aromatic N) is 3. The summed E-state index contributed by atoms with van der Waals surface area (Å²) in [6.07, 6.45) is 3.18. The van der Waals surface area contributed by atoms with Gasteiger partial charge in [-0.1, -0.05) is 18.2 Å². The SMILES string of the molecule is Cc1ccc([C@@H](C)NC(=O)COC(=O)CN(C)c2ncccn2)cc1C. The molecule has 1 amide bonds. The second-order valence-electron chi connectivity index (χ2n) is 6.20. The van der Waals surface area contributed by atoms with E-state index in [0.717, 1.165) is 5.56 Å². The second kappa shape index (κ2) is 8.94. The first-order chi connectivity index (χ1) is 12.4. The number of carbonyl (C=O) groups is 2. The summed E-state index contributed by atoms with van der Waals surface area (Å²) in [7, 11) is 1.68. The minimum atomic E-state index is -0.520. The lowest BCUT2D eigenvalue weighted by molar-refractivity contribution is -0.147. The van der Waals surface area contributed by atoms with Gasteiger partial charge in [0, 0.05) is 19.4 Å². The normalized spacial score (nSPS) is 11.5. The van der Waals surface area contributed by atoms with Crippen LogP contribution in [0.2, 0.25) is 0 Å². The van der Waals surface area contributed by atoms with Gasteiger partial charge in [0.15, 0.2) is 6.61 Å². The van der Waals surface area contributed by atoms with Crippen molar-refractivity contribution in [1.29, 1.82) is 0 Å². The van der Waals surface area contributed by atoms with Crippen LogP contribution in [0.1, 0.15) is 29.7 Å². The zero-order valence-electron chi connectivity index (χ0n) is 15.5. The van der Waals surface area contributed by atoms with E-state index in [1.54, 1.807) is 30.4 Å². The fourth-order valence-corrected chi connectivity index (χ4v) is 2.34. The number of ether oxygens (including phenoxy) is 1. The van der Waals surface area contributed by atoms with Gasteiger partial charge < -0.3 is 15.0 Å². The van der Waals surface area contributed by atoms with Crippen molar-refractivity contribution in [2.75, 3.05) is 25.1 Å². The van der Waals surface area contributed by atoms with Crippen molar-refractivity contribution < 1.29 is 14.3 Å². The van der Waals surface area contributed by atoms with E-state index < -0.39 is 5.97 Å². The fraction of sp³-hybridized carbons (Fsp3) is 0.368. The van der Waals surface area contributed by atoms with Gasteiger partial charge in [-0.15, -0.1) is 0 Å². The third kappa shape index (κ3) is 5.54. The van der Waals surface area contributed by atoms with E-state index in [4.69, 9.17) is 4.74 Å². The Morgan fingerprint density at radius 3 is 2.54 bits per heavy atom. The summed E-state index contributed by atoms with van der Waals surface area (Å²) in [5, 5.41) is 2.83. The van der Waals surface area contributed by atoms with E-state index in [1.807, 2.05) is 39.0 Å². The van der Waals surface area contributed by atoms with Crippen molar-refractivity contribution in [3.63, 3.8) is 0 Å². The molecule has 7 heteroatoms. The molecule has 0 saturated heterocycles. The Kier molecular flexibility index (Phi) is 6.66. The summed E-state index contributed by atoms with van der Waals surface area (Å²) in [4.78, 5) is 33.5. The molecule has 1 heterocycles. The minimum Gasteiger partial charge on any atom is -0.454 e. The van der Waals surface area contributed by atoms with Crippen molar-refractivity contribution >= 4 is 17.8 Å². The van der Waals surface area contributed by atoms with Gasteiger partial charge in [-0.05, 0) is 43.5 Å². The maximum absolute atomic E-state index is 12.0. The van der Waals surface area contributed by atoms with Gasteiger partial charge in [0.2, 0.25) is 5.95 Å². The highest BCUT2D eigenvalue weighted by molar-refractivity contribution is 5.82. The molecular weight excluding hydrogens is 332 g/mol. The van der Waals surface area contributed by atoms with Crippen molar-refractivity contribution in [3.8, 4) is 0 Å². The third-order valence-electron chi connectivity index (χ3n) is 4.03. The molecule has 2 rings (SSSR count). The molecule has 0 saturated carbocycles. The molecule has 0 radical (unpaired) electrons. The van der Waals surface area contributed by atoms with E-state index in [0.29, 0.717) is 5.95 Å². The maximum Gasteiger partial charge on any atom is 0.326 e. The molecule has 0 aliphatic rings. The Hall–Kier alpha value is -2.96. The monoisotopic (exact) mass is 356 g/mol. The number of rotatable bonds is 7. The average Bonchev–Trinajstić information content (AvgIpc) is 2.63. The Balaban J connectivity index is 1.78. The van der Waals surface area contributed by atoms with Crippen molar-refractivity contribution in [2.24, 2.45) is 0 Å². The molecule has 1 atom stereocenters. The number of aryl methyl sites for hydroxylation is 2. The topological polar surface area (TPSA) is 84.4 Å². The van der Waals surface area contributed by atoms with E-state index in [9.17, 15) is 9.59 Å². The summed E-state index contributed by atoms with van der Waals surface area (Å²) >= 11 is 0. The molecule has 1 N–H and O–H groups in total. The molecule has 7 nitrogen and oxygen atoms in total. The third-order valence-corrected chi connectivity index (χ3v) is 4.03. The highest BCUT2D eigenvalue weighted by Crippen LogP contribution is 2.16. The summed E-state index contributed by atoms with van der Waals surface area (Å²) in [6.45, 7) is 5.60. The van der Waals surface area contributed by atoms with Crippen LogP contribution >= 0.6 is 0 Å². The van der Waals surface area contributed by atoms with E-state index in [1.165, 1.54) is 11.1 Å². The van der Waals surface area contributed by atoms with Crippen LogP contribution in [0.5, 0.6) is 0 Å². The molecule has 138 valence electrons. The van der Waals surface area contributed by atoms with Gasteiger partial charge in [0.1, 0.15) is 6.54 Å². The summed E-state index contributed by atoms with van der Waals surface area (Å²) in [5.41, 5.74) is 3.38. The molecule has 0 unspecified atom stereocenters. The Morgan fingerprint density at radius 2 is 1.88 bits per heavy atom. The van der Waals surface area contributed by atoms with Crippen molar-refractivity contribution in [2.45, 2.75) is 26.8 Å². The largest absolute Gasteiger partial charge is 0.454 e. The highest BCUT2D eigenvalue weighted by Gasteiger charge is 2.14. The number of aromatic nitrogens is 2. The van der Waals surface area contributed by atoms with Crippen LogP contribution in [0.4, 0.5) is 5.95 Å². The number of hydrogen-bond donors (Lipinski definition) is 1. The van der Waals surface area contributed by atoms with Crippen LogP contribution in [-0.4, -0.2) is 42.0 Å². The van der Waals surface area contributed by atoms with E-state index in [-0.39, 0.29) is 25.1 Å². The number of carbonyl (C=O) groups excluding carboxylic acids is 2. The van der Waals surface area contributed by atoms with Gasteiger partial charge in [-0.25, -0.2) is 9.97 Å². The quantitative estimate of drug-likeness (QED) is 0.764. The van der Waals surface area contributed by atoms with Gasteiger partial charge in [0.25, 0.3) is 5.91 Å². The predicted molar refractivity (Wildman–Crippen MR) is 98.7 cm³/mol. The van der Waals surface area contributed by atoms with Gasteiger partial charge in [-0.3, -0.25) is 9.59 Å². The lowest BCUT2D eigenvalue weighted by Gasteiger charge is -2.17. The molecule has 0 aliphatic heterocycles. The summed E-state index contributed by atoms with van der Waals surface area (Å²) in [5.74, 6) is -0.450. The standard InChI is InChI=1S/C19H24N4O3/c1-13-6-7-16(10-14(13)2)15(3)22-17(24)12-26-18(25)11-23(4)19-20-8-5-9-21-19/h5-10,15H,11-12H2,1-4H3,(H,22,24)/t15-/m1/s1. The molecule has 1 aromatic carbocycles. The van der Waals surface area contributed by atoms with Crippen LogP contribution < -0.4 is 10.2 Å². The highest BCUT2D eigenvalue weighted by atomic mass is 16.5. The number of esters is 1. The molecule has 0 aliphatic carbocycles. The van der Waals surface area contributed by atoms with Crippen LogP contribution in [0.3, 0.4) is 0 Å². The first-order valence-electron chi connectivity index (χ1n) is 8.37. The van der Waals surface area contributed by atoms with E-state index in [2.05, 4.69) is 15.3 Å². The predicted octanol–water partition coefficient (Wildman–Crippen LogP) is 1.95. The molecular formula is C19H24N4O3. The second-order valence-corrected chi connectivity index (χ2v) is 6.20. The fourth-order valence-electron chi connectivity index (χ4n) is 2.34. The summed E-state index contributed by atoms with van der Waals surface area (Å²) < 4.78 is 5.03. The number of benzene rings is 1. The number of anilines is 1. The molecule has 26 heavy (non-hydrogen) atoms. The van der Waals surface area contributed by atoms with Crippen LogP contribution in [0, 0.1) is 13.8 Å². The van der Waals surface area contributed by atoms with Crippen molar-refractivity contribution in [3.05, 3.63) is 53.3 Å². The van der Waals surface area contributed by atoms with Crippen LogP contribution in [0.25, 0.3) is 0 Å². The smallest absolute Gasteiger partial charge is 0.326 e. The van der Waals surface area contributed by atoms with Gasteiger partial charge >= 0.3 is 5.97 Å². The number of amides is 1. The lowest BCUT2D eigenvalue weighted by atomic mass is 10.0. The molecule has 2 aromatic rings. The summed E-state index contributed by atoms with van der Waals surface area (Å²) in [6, 6.07) is 7.57. The number of likely N-dealkylation sites (N-methyl/N-ethyl adjacent to an activating group) is 1. The zero-order valence-corrected chi connectivity index (χ0v) is 15.5. The van der Waals surface area contributed by atoms with Crippen molar-refractivity contribution in [1.82, 2.24) is 15.3 Å². The maximum atomic E-state index is 12.0. The van der Waals surface area contributed by atoms with E-state index >= 15 is 0 Å². The Bertz CT molecular complexity index is 765. The number of hydrogen-bond acceptors (Lipinski definition) is 6. The first-order valence-corrected chi connectivity index (χ1v) is 8.37. The Labute approximate surface area is 153 Å². The minimum absolute atomic E-state index is 0.0377. The average molecular weight is 356 g/mol. The van der Waals surface area contributed by atoms with Gasteiger partial charge in [0.05, 0.1) is 6.04 Å². The molecule has 0 bridgehead atoms. The molecule has 1 aromatic heterocycles. The molecule has 0 fully saturated rings. The Morgan fingerprint density at radius 1 is 1.19 bits per heavy atom. The lowest BCUT2D eigenvalue weighted by Crippen LogP contribution is -2.34. The van der Waals surface area contributed by atoms with Crippen LogP contribution in [0.15, 0.2) is 36.7 Å². The first kappa shape index (κ1) is 19.4. The van der Waals surface area contributed by atoms with Crippen LogP contribution in [-0.2, 0) is 14.3 Å². The number of nitrogens with one attached hydrogen (secondary N) is 1. The van der Waals surface area contributed by atoms with Gasteiger partial charge in [-0.2, -0.15) is 0 Å².